The molecule has 150 valence electrons. The number of ether oxygens (including phenoxy) is 1. The number of likely N-dealkylation sites (tertiary alicyclic amines) is 1. The summed E-state index contributed by atoms with van der Waals surface area (Å²) < 4.78 is 6.00. The molecule has 1 saturated heterocycles. The largest absolute Gasteiger partial charge is 0.507 e. The third-order valence-corrected chi connectivity index (χ3v) is 5.86. The van der Waals surface area contributed by atoms with Gasteiger partial charge in [0.2, 0.25) is 5.78 Å². The zero-order valence-electron chi connectivity index (χ0n) is 17.0. The number of carbonyl (C=O) groups excluding carboxylic acids is 1. The lowest BCUT2D eigenvalue weighted by Crippen LogP contribution is -2.36. The van der Waals surface area contributed by atoms with Gasteiger partial charge in [0.1, 0.15) is 11.5 Å². The van der Waals surface area contributed by atoms with Crippen LogP contribution in [0.4, 0.5) is 0 Å². The third kappa shape index (κ3) is 3.99. The number of phenols is 1. The number of fused-ring (bicyclic) bond motifs is 1. The molecule has 0 amide bonds. The van der Waals surface area contributed by atoms with Gasteiger partial charge in [0, 0.05) is 12.6 Å². The van der Waals surface area contributed by atoms with Gasteiger partial charge in [0.05, 0.1) is 11.1 Å². The number of hydrogen-bond acceptors (Lipinski definition) is 4. The van der Waals surface area contributed by atoms with Gasteiger partial charge in [-0.1, -0.05) is 48.9 Å². The van der Waals surface area contributed by atoms with Crippen LogP contribution >= 0.6 is 0 Å². The molecular weight excluding hydrogens is 362 g/mol. The molecule has 0 aliphatic carbocycles. The maximum absolute atomic E-state index is 13.0. The number of phenolic OH excluding ortho intramolecular Hbond substituents is 1. The highest BCUT2D eigenvalue weighted by Gasteiger charge is 2.34. The molecule has 4 nitrogen and oxygen atoms in total. The van der Waals surface area contributed by atoms with E-state index in [9.17, 15) is 9.90 Å². The molecule has 4 heteroatoms. The van der Waals surface area contributed by atoms with Crippen molar-refractivity contribution < 1.29 is 14.6 Å². The fourth-order valence-corrected chi connectivity index (χ4v) is 4.15. The van der Waals surface area contributed by atoms with E-state index in [1.165, 1.54) is 6.42 Å². The minimum Gasteiger partial charge on any atom is -0.507 e. The van der Waals surface area contributed by atoms with E-state index in [0.29, 0.717) is 35.2 Å². The van der Waals surface area contributed by atoms with E-state index in [0.717, 1.165) is 30.5 Å². The van der Waals surface area contributed by atoms with Crippen LogP contribution in [0.3, 0.4) is 0 Å². The number of Topliss-reactive ketones (excluding diaryl/α,β-unsaturated/α-hetero) is 1. The van der Waals surface area contributed by atoms with Gasteiger partial charge in [0.15, 0.2) is 5.76 Å². The van der Waals surface area contributed by atoms with Gasteiger partial charge in [-0.3, -0.25) is 9.69 Å². The van der Waals surface area contributed by atoms with E-state index in [1.807, 2.05) is 49.4 Å². The lowest BCUT2D eigenvalue weighted by atomic mass is 9.97. The summed E-state index contributed by atoms with van der Waals surface area (Å²) in [6, 6.07) is 12.1. The number of hydrogen-bond donors (Lipinski definition) is 1. The summed E-state index contributed by atoms with van der Waals surface area (Å²) in [6.45, 7) is 5.65. The Morgan fingerprint density at radius 3 is 2.79 bits per heavy atom. The van der Waals surface area contributed by atoms with Gasteiger partial charge >= 0.3 is 0 Å². The predicted molar refractivity (Wildman–Crippen MR) is 115 cm³/mol. The number of ketones is 1. The van der Waals surface area contributed by atoms with E-state index in [1.54, 1.807) is 12.1 Å². The minimum absolute atomic E-state index is 0.122. The number of allylic oxidation sites excluding steroid dienone is 3. The van der Waals surface area contributed by atoms with Crippen LogP contribution in [-0.4, -0.2) is 28.4 Å². The average Bonchev–Trinajstić information content (AvgIpc) is 3.04. The first kappa shape index (κ1) is 19.5. The second-order valence-electron chi connectivity index (χ2n) is 7.94. The zero-order valence-corrected chi connectivity index (χ0v) is 17.0. The molecule has 1 unspecified atom stereocenters. The van der Waals surface area contributed by atoms with Crippen molar-refractivity contribution in [3.05, 3.63) is 76.6 Å². The summed E-state index contributed by atoms with van der Waals surface area (Å²) in [6.07, 6.45) is 9.03. The maximum atomic E-state index is 13.0. The van der Waals surface area contributed by atoms with Gasteiger partial charge in [0.25, 0.3) is 0 Å². The van der Waals surface area contributed by atoms with E-state index in [-0.39, 0.29) is 11.5 Å². The summed E-state index contributed by atoms with van der Waals surface area (Å²) in [5.41, 5.74) is 3.08. The molecule has 2 aromatic carbocycles. The first-order valence-corrected chi connectivity index (χ1v) is 10.3. The maximum Gasteiger partial charge on any atom is 0.232 e. The third-order valence-electron chi connectivity index (χ3n) is 5.86. The highest BCUT2D eigenvalue weighted by Crippen LogP contribution is 2.42. The molecule has 1 atom stereocenters. The summed E-state index contributed by atoms with van der Waals surface area (Å²) in [5.74, 6) is 0.898. The molecule has 0 saturated carbocycles. The molecule has 2 heterocycles. The van der Waals surface area contributed by atoms with E-state index in [4.69, 9.17) is 4.74 Å². The van der Waals surface area contributed by atoms with Gasteiger partial charge < -0.3 is 9.84 Å². The van der Waals surface area contributed by atoms with Crippen molar-refractivity contribution in [3.8, 4) is 11.5 Å². The molecule has 0 radical (unpaired) electrons. The lowest BCUT2D eigenvalue weighted by Gasteiger charge is -2.33. The molecule has 2 aliphatic heterocycles. The number of carbonyl (C=O) groups is 1. The second kappa shape index (κ2) is 8.26. The van der Waals surface area contributed by atoms with Crippen LogP contribution in [0.25, 0.3) is 6.08 Å². The van der Waals surface area contributed by atoms with Crippen LogP contribution in [0, 0.1) is 6.92 Å². The van der Waals surface area contributed by atoms with Crippen LogP contribution in [0.1, 0.15) is 53.2 Å². The predicted octanol–water partition coefficient (Wildman–Crippen LogP) is 5.25. The second-order valence-corrected chi connectivity index (χ2v) is 7.94. The average molecular weight is 389 g/mol. The Bertz CT molecular complexity index is 975. The molecule has 2 aromatic rings. The Labute approximate surface area is 172 Å². The minimum atomic E-state index is -0.122. The Morgan fingerprint density at radius 2 is 2.03 bits per heavy atom. The molecule has 0 bridgehead atoms. The summed E-state index contributed by atoms with van der Waals surface area (Å²) in [4.78, 5) is 15.3. The smallest absolute Gasteiger partial charge is 0.232 e. The number of piperidine rings is 1. The lowest BCUT2D eigenvalue weighted by molar-refractivity contribution is 0.101. The van der Waals surface area contributed by atoms with Gasteiger partial charge in [-0.15, -0.1) is 0 Å². The van der Waals surface area contributed by atoms with Crippen LogP contribution in [0.2, 0.25) is 0 Å². The van der Waals surface area contributed by atoms with Crippen molar-refractivity contribution >= 4 is 11.9 Å². The molecular formula is C25H27NO3. The molecule has 0 spiro atoms. The summed E-state index contributed by atoms with van der Waals surface area (Å²) in [5, 5.41) is 10.6. The molecule has 2 aliphatic rings. The van der Waals surface area contributed by atoms with Gasteiger partial charge in [-0.2, -0.15) is 0 Å². The molecule has 4 rings (SSSR count). The molecule has 29 heavy (non-hydrogen) atoms. The normalized spacial score (nSPS) is 21.0. The number of rotatable bonds is 4. The van der Waals surface area contributed by atoms with E-state index >= 15 is 0 Å². The van der Waals surface area contributed by atoms with Crippen molar-refractivity contribution in [1.82, 2.24) is 4.90 Å². The fourth-order valence-electron chi connectivity index (χ4n) is 4.15. The zero-order chi connectivity index (χ0) is 20.4. The molecule has 1 N–H and O–H groups in total. The van der Waals surface area contributed by atoms with Crippen LogP contribution in [-0.2, 0) is 6.54 Å². The standard InChI is InChI=1S/C25H27NO3/c1-17-15-21(27)20(16-26-14-7-6-9-18(26)2)25-23(17)24(28)22(29-25)13-8-12-19-10-4-3-5-11-19/h3-5,8,10-13,15,18,27H,6-7,9,14,16H2,1-2H3/b12-8+,22-13-. The van der Waals surface area contributed by atoms with Crippen molar-refractivity contribution in [2.45, 2.75) is 45.7 Å². The van der Waals surface area contributed by atoms with Crippen LogP contribution in [0.15, 0.2) is 54.3 Å². The highest BCUT2D eigenvalue weighted by atomic mass is 16.5. The molecule has 0 aromatic heterocycles. The first-order chi connectivity index (χ1) is 14.0. The number of aromatic hydroxyl groups is 1. The van der Waals surface area contributed by atoms with Gasteiger partial charge in [-0.25, -0.2) is 0 Å². The van der Waals surface area contributed by atoms with Crippen molar-refractivity contribution in [2.75, 3.05) is 6.54 Å². The quantitative estimate of drug-likeness (QED) is 0.726. The topological polar surface area (TPSA) is 49.8 Å². The van der Waals surface area contributed by atoms with Gasteiger partial charge in [-0.05, 0) is 56.5 Å². The Kier molecular flexibility index (Phi) is 5.54. The Balaban J connectivity index is 1.62. The number of benzene rings is 2. The molecule has 1 fully saturated rings. The van der Waals surface area contributed by atoms with Crippen LogP contribution < -0.4 is 4.74 Å². The number of nitrogens with zero attached hydrogens (tertiary/aromatic N) is 1. The van der Waals surface area contributed by atoms with Crippen molar-refractivity contribution in [3.63, 3.8) is 0 Å². The highest BCUT2D eigenvalue weighted by molar-refractivity contribution is 6.14. The summed E-state index contributed by atoms with van der Waals surface area (Å²) in [7, 11) is 0. The van der Waals surface area contributed by atoms with Crippen molar-refractivity contribution in [1.29, 1.82) is 0 Å². The Hall–Kier alpha value is -2.85. The first-order valence-electron chi connectivity index (χ1n) is 10.3. The Morgan fingerprint density at radius 1 is 1.24 bits per heavy atom. The van der Waals surface area contributed by atoms with Crippen molar-refractivity contribution in [2.24, 2.45) is 0 Å². The van der Waals surface area contributed by atoms with E-state index in [2.05, 4.69) is 11.8 Å². The fraction of sp³-hybridized carbons (Fsp3) is 0.320. The number of aryl methyl sites for hydroxylation is 1. The monoisotopic (exact) mass is 389 g/mol. The van der Waals surface area contributed by atoms with E-state index < -0.39 is 0 Å². The summed E-state index contributed by atoms with van der Waals surface area (Å²) >= 11 is 0. The van der Waals surface area contributed by atoms with Crippen LogP contribution in [0.5, 0.6) is 11.5 Å². The SMILES string of the molecule is Cc1cc(O)c(CN2CCCCC2C)c2c1C(=O)/C(=C/C=C/c1ccccc1)O2.